The molecule has 0 radical (unpaired) electrons. The van der Waals surface area contributed by atoms with Crippen LogP contribution in [0.5, 0.6) is 0 Å². The minimum absolute atomic E-state index is 0.240. The average Bonchev–Trinajstić information content (AvgIpc) is 2.76. The number of rotatable bonds is 3. The van der Waals surface area contributed by atoms with E-state index in [0.717, 1.165) is 5.46 Å². The van der Waals surface area contributed by atoms with E-state index in [1.54, 1.807) is 18.3 Å². The van der Waals surface area contributed by atoms with Crippen LogP contribution in [0.15, 0.2) is 42.9 Å². The number of aromatic nitrogens is 2. The maximum absolute atomic E-state index is 12.2. The molecule has 6 nitrogen and oxygen atoms in total. The largest absolute Gasteiger partial charge is 0.494 e. The summed E-state index contributed by atoms with van der Waals surface area (Å²) in [4.78, 5) is 20.1. The summed E-state index contributed by atoms with van der Waals surface area (Å²) in [5.74, 6) is 0.175. The van der Waals surface area contributed by atoms with Crippen molar-refractivity contribution < 1.29 is 14.1 Å². The number of nitrogens with zero attached hydrogens (tertiary/aromatic N) is 2. The van der Waals surface area contributed by atoms with Crippen molar-refractivity contribution in [3.8, 4) is 0 Å². The van der Waals surface area contributed by atoms with Crippen LogP contribution >= 0.6 is 0 Å². The molecule has 24 heavy (non-hydrogen) atoms. The number of carbonyl (C=O) groups is 1. The zero-order valence-electron chi connectivity index (χ0n) is 14.2. The number of amides is 1. The van der Waals surface area contributed by atoms with Gasteiger partial charge in [-0.3, -0.25) is 9.78 Å². The van der Waals surface area contributed by atoms with Gasteiger partial charge in [-0.25, -0.2) is 4.98 Å². The van der Waals surface area contributed by atoms with Crippen molar-refractivity contribution in [3.63, 3.8) is 0 Å². The van der Waals surface area contributed by atoms with E-state index in [0.29, 0.717) is 11.4 Å². The number of hydrogen-bond acceptors (Lipinski definition) is 5. The molecule has 1 aliphatic heterocycles. The van der Waals surface area contributed by atoms with Gasteiger partial charge >= 0.3 is 7.12 Å². The Bertz CT molecular complexity index is 717. The highest BCUT2D eigenvalue weighted by Gasteiger charge is 2.51. The normalized spacial score (nSPS) is 18.4. The molecule has 1 aromatic carbocycles. The highest BCUT2D eigenvalue weighted by atomic mass is 16.7. The molecule has 0 spiro atoms. The summed E-state index contributed by atoms with van der Waals surface area (Å²) in [5.41, 5.74) is 0.630. The van der Waals surface area contributed by atoms with E-state index in [4.69, 9.17) is 9.31 Å². The summed E-state index contributed by atoms with van der Waals surface area (Å²) < 4.78 is 12.0. The van der Waals surface area contributed by atoms with Crippen LogP contribution in [-0.4, -0.2) is 34.2 Å². The monoisotopic (exact) mass is 325 g/mol. The van der Waals surface area contributed by atoms with Crippen molar-refractivity contribution in [1.82, 2.24) is 9.97 Å². The van der Waals surface area contributed by atoms with Crippen LogP contribution < -0.4 is 10.8 Å². The van der Waals surface area contributed by atoms with Crippen molar-refractivity contribution in [1.29, 1.82) is 0 Å². The van der Waals surface area contributed by atoms with Crippen LogP contribution in [0.1, 0.15) is 38.1 Å². The lowest BCUT2D eigenvalue weighted by Gasteiger charge is -2.32. The first-order chi connectivity index (χ1) is 11.3. The molecule has 0 aliphatic carbocycles. The zero-order chi connectivity index (χ0) is 17.4. The first-order valence-electron chi connectivity index (χ1n) is 7.81. The molecular formula is C17H20BN3O3. The first-order valence-corrected chi connectivity index (χ1v) is 7.81. The summed E-state index contributed by atoms with van der Waals surface area (Å²) >= 11 is 0. The number of carbonyl (C=O) groups excluding carboxylic acids is 1. The van der Waals surface area contributed by atoms with E-state index in [1.807, 2.05) is 39.8 Å². The van der Waals surface area contributed by atoms with E-state index in [9.17, 15) is 4.79 Å². The lowest BCUT2D eigenvalue weighted by Crippen LogP contribution is -2.41. The molecule has 1 aromatic heterocycles. The summed E-state index contributed by atoms with van der Waals surface area (Å²) in [7, 11) is -0.438. The van der Waals surface area contributed by atoms with Crippen molar-refractivity contribution in [2.24, 2.45) is 0 Å². The number of anilines is 1. The molecule has 7 heteroatoms. The van der Waals surface area contributed by atoms with E-state index in [2.05, 4.69) is 15.3 Å². The average molecular weight is 325 g/mol. The standard InChI is InChI=1S/C17H20BN3O3/c1-16(2)17(3,4)24-18(23-16)13-7-5-12(6-8-13)15(22)21-14-11-19-9-10-20-14/h5-11H,1-4H3,(H,20,21,22). The lowest BCUT2D eigenvalue weighted by atomic mass is 9.79. The van der Waals surface area contributed by atoms with Crippen LogP contribution in [0.25, 0.3) is 0 Å². The topological polar surface area (TPSA) is 73.3 Å². The van der Waals surface area contributed by atoms with E-state index in [1.165, 1.54) is 12.4 Å². The fourth-order valence-corrected chi connectivity index (χ4v) is 2.32. The Hall–Kier alpha value is -2.25. The molecule has 1 saturated heterocycles. The van der Waals surface area contributed by atoms with Gasteiger partial charge in [-0.1, -0.05) is 12.1 Å². The summed E-state index contributed by atoms with van der Waals surface area (Å²) in [6, 6.07) is 7.17. The number of hydrogen-bond donors (Lipinski definition) is 1. The predicted octanol–water partition coefficient (Wildman–Crippen LogP) is 2.03. The molecule has 1 aliphatic rings. The molecule has 3 rings (SSSR count). The predicted molar refractivity (Wildman–Crippen MR) is 92.1 cm³/mol. The molecule has 1 N–H and O–H groups in total. The van der Waals surface area contributed by atoms with Gasteiger partial charge in [0.05, 0.1) is 17.4 Å². The van der Waals surface area contributed by atoms with E-state index >= 15 is 0 Å². The van der Waals surface area contributed by atoms with E-state index in [-0.39, 0.29) is 17.1 Å². The molecule has 124 valence electrons. The Labute approximate surface area is 141 Å². The highest BCUT2D eigenvalue weighted by molar-refractivity contribution is 6.62. The molecular weight excluding hydrogens is 305 g/mol. The second-order valence-electron chi connectivity index (χ2n) is 6.76. The third kappa shape index (κ3) is 3.18. The van der Waals surface area contributed by atoms with Gasteiger partial charge in [0.15, 0.2) is 5.82 Å². The van der Waals surface area contributed by atoms with Gasteiger partial charge in [-0.15, -0.1) is 0 Å². The summed E-state index contributed by atoms with van der Waals surface area (Å²) in [6.07, 6.45) is 4.57. The van der Waals surface area contributed by atoms with Crippen molar-refractivity contribution in [2.45, 2.75) is 38.9 Å². The lowest BCUT2D eigenvalue weighted by molar-refractivity contribution is 0.00578. The molecule has 0 atom stereocenters. The molecule has 0 saturated carbocycles. The Balaban J connectivity index is 1.71. The smallest absolute Gasteiger partial charge is 0.399 e. The van der Waals surface area contributed by atoms with Crippen LogP contribution in [0, 0.1) is 0 Å². The minimum atomic E-state index is -0.438. The summed E-state index contributed by atoms with van der Waals surface area (Å²) in [5, 5.41) is 2.70. The maximum atomic E-state index is 12.2. The molecule has 1 fully saturated rings. The Morgan fingerprint density at radius 2 is 1.67 bits per heavy atom. The fraction of sp³-hybridized carbons (Fsp3) is 0.353. The van der Waals surface area contributed by atoms with Gasteiger partial charge in [0, 0.05) is 18.0 Å². The van der Waals surface area contributed by atoms with Gasteiger partial charge in [0.2, 0.25) is 0 Å². The zero-order valence-corrected chi connectivity index (χ0v) is 14.2. The van der Waals surface area contributed by atoms with Crippen LogP contribution in [0.2, 0.25) is 0 Å². The molecule has 2 heterocycles. The second kappa shape index (κ2) is 6.00. The Kier molecular flexibility index (Phi) is 4.15. The first kappa shape index (κ1) is 16.6. The van der Waals surface area contributed by atoms with Crippen molar-refractivity contribution in [2.75, 3.05) is 5.32 Å². The number of benzene rings is 1. The van der Waals surface area contributed by atoms with E-state index < -0.39 is 7.12 Å². The highest BCUT2D eigenvalue weighted by Crippen LogP contribution is 2.36. The molecule has 2 aromatic rings. The van der Waals surface area contributed by atoms with Gasteiger partial charge in [-0.05, 0) is 45.3 Å². The Morgan fingerprint density at radius 3 is 2.21 bits per heavy atom. The van der Waals surface area contributed by atoms with Crippen LogP contribution in [0.3, 0.4) is 0 Å². The molecule has 0 unspecified atom stereocenters. The maximum Gasteiger partial charge on any atom is 0.494 e. The van der Waals surface area contributed by atoms with Gasteiger partial charge in [-0.2, -0.15) is 0 Å². The van der Waals surface area contributed by atoms with Gasteiger partial charge < -0.3 is 14.6 Å². The molecule has 1 amide bonds. The minimum Gasteiger partial charge on any atom is -0.399 e. The SMILES string of the molecule is CC1(C)OB(c2ccc(C(=O)Nc3cnccn3)cc2)OC1(C)C. The number of nitrogens with one attached hydrogen (secondary N) is 1. The van der Waals surface area contributed by atoms with Crippen LogP contribution in [0.4, 0.5) is 5.82 Å². The molecule has 0 bridgehead atoms. The summed E-state index contributed by atoms with van der Waals surface area (Å²) in [6.45, 7) is 8.04. The quantitative estimate of drug-likeness (QED) is 0.874. The van der Waals surface area contributed by atoms with Gasteiger partial charge in [0.1, 0.15) is 0 Å². The Morgan fingerprint density at radius 1 is 1.04 bits per heavy atom. The van der Waals surface area contributed by atoms with Crippen LogP contribution in [-0.2, 0) is 9.31 Å². The second-order valence-corrected chi connectivity index (χ2v) is 6.76. The third-order valence-electron chi connectivity index (χ3n) is 4.50. The van der Waals surface area contributed by atoms with Gasteiger partial charge in [0.25, 0.3) is 5.91 Å². The fourth-order valence-electron chi connectivity index (χ4n) is 2.32. The van der Waals surface area contributed by atoms with Crippen molar-refractivity contribution in [3.05, 3.63) is 48.4 Å². The third-order valence-corrected chi connectivity index (χ3v) is 4.50. The van der Waals surface area contributed by atoms with Crippen molar-refractivity contribution >= 4 is 24.3 Å².